The maximum Gasteiger partial charge on any atom is 0.259 e. The summed E-state index contributed by atoms with van der Waals surface area (Å²) in [5, 5.41) is 4.43. The molecule has 2 rings (SSSR count). The molecule has 0 radical (unpaired) electrons. The van der Waals surface area contributed by atoms with Crippen LogP contribution < -0.4 is 5.43 Å². The molecule has 0 aromatic rings. The Morgan fingerprint density at radius 3 is 2.83 bits per heavy atom. The van der Waals surface area contributed by atoms with Gasteiger partial charge in [0.05, 0.1) is 0 Å². The fraction of sp³-hybridized carbons (Fsp3) is 0.833. The number of nitrogens with one attached hydrogen (secondary N) is 1. The molecular formula is C18H31N3O2. The van der Waals surface area contributed by atoms with E-state index >= 15 is 0 Å². The quantitative estimate of drug-likeness (QED) is 0.809. The van der Waals surface area contributed by atoms with Crippen molar-refractivity contribution < 1.29 is 9.59 Å². The van der Waals surface area contributed by atoms with E-state index < -0.39 is 0 Å². The minimum atomic E-state index is -0.173. The maximum atomic E-state index is 12.2. The summed E-state index contributed by atoms with van der Waals surface area (Å²) in [5.74, 6) is 1.56. The molecule has 0 unspecified atom stereocenters. The third kappa shape index (κ3) is 5.33. The first-order valence-corrected chi connectivity index (χ1v) is 9.10. The normalized spacial score (nSPS) is 28.1. The predicted molar refractivity (Wildman–Crippen MR) is 92.0 cm³/mol. The van der Waals surface area contributed by atoms with Crippen LogP contribution in [0.4, 0.5) is 0 Å². The number of amides is 2. The number of likely N-dealkylation sites (tertiary alicyclic amines) is 1. The Hall–Kier alpha value is -1.39. The number of carbonyl (C=O) groups is 2. The molecule has 2 fully saturated rings. The van der Waals surface area contributed by atoms with Gasteiger partial charge in [-0.05, 0) is 43.9 Å². The van der Waals surface area contributed by atoms with E-state index in [-0.39, 0.29) is 18.4 Å². The molecule has 0 aromatic carbocycles. The Kier molecular flexibility index (Phi) is 6.60. The van der Waals surface area contributed by atoms with Gasteiger partial charge in [0.2, 0.25) is 5.91 Å². The topological polar surface area (TPSA) is 61.8 Å². The van der Waals surface area contributed by atoms with E-state index in [1.54, 1.807) is 4.90 Å². The van der Waals surface area contributed by atoms with Gasteiger partial charge in [-0.3, -0.25) is 9.59 Å². The van der Waals surface area contributed by atoms with Crippen molar-refractivity contribution in [2.24, 2.45) is 22.9 Å². The lowest BCUT2D eigenvalue weighted by Crippen LogP contribution is -2.40. The van der Waals surface area contributed by atoms with Crippen molar-refractivity contribution in [3.8, 4) is 0 Å². The maximum absolute atomic E-state index is 12.2. The van der Waals surface area contributed by atoms with Gasteiger partial charge in [0.1, 0.15) is 6.54 Å². The minimum absolute atomic E-state index is 0.0941. The fourth-order valence-electron chi connectivity index (χ4n) is 3.64. The number of hydrazone groups is 1. The third-order valence-electron chi connectivity index (χ3n) is 5.09. The molecule has 1 aliphatic heterocycles. The Bertz CT molecular complexity index is 459. The highest BCUT2D eigenvalue weighted by Gasteiger charge is 2.27. The lowest BCUT2D eigenvalue weighted by Gasteiger charge is -2.30. The summed E-state index contributed by atoms with van der Waals surface area (Å²) in [7, 11) is 0. The zero-order valence-electron chi connectivity index (χ0n) is 14.8. The first-order chi connectivity index (χ1) is 11.0. The van der Waals surface area contributed by atoms with Gasteiger partial charge in [0.25, 0.3) is 5.91 Å². The number of hydrogen-bond donors (Lipinski definition) is 1. The molecule has 5 heteroatoms. The second-order valence-electron chi connectivity index (χ2n) is 7.50. The molecule has 5 nitrogen and oxygen atoms in total. The van der Waals surface area contributed by atoms with Crippen LogP contribution in [-0.4, -0.2) is 35.5 Å². The van der Waals surface area contributed by atoms with Gasteiger partial charge in [0, 0.05) is 24.6 Å². The summed E-state index contributed by atoms with van der Waals surface area (Å²) in [6.07, 6.45) is 6.91. The van der Waals surface area contributed by atoms with Gasteiger partial charge in [-0.2, -0.15) is 5.10 Å². The molecule has 23 heavy (non-hydrogen) atoms. The van der Waals surface area contributed by atoms with Crippen molar-refractivity contribution >= 4 is 17.5 Å². The van der Waals surface area contributed by atoms with Crippen molar-refractivity contribution in [1.29, 1.82) is 0 Å². The van der Waals surface area contributed by atoms with Crippen LogP contribution in [0.15, 0.2) is 5.10 Å². The summed E-state index contributed by atoms with van der Waals surface area (Å²) in [4.78, 5) is 25.8. The molecule has 2 amide bonds. The van der Waals surface area contributed by atoms with E-state index in [2.05, 4.69) is 31.3 Å². The number of nitrogens with zero attached hydrogens (tertiary/aromatic N) is 2. The van der Waals surface area contributed by atoms with Crippen LogP contribution in [0.25, 0.3) is 0 Å². The van der Waals surface area contributed by atoms with Crippen molar-refractivity contribution in [2.75, 3.05) is 13.1 Å². The molecule has 1 saturated carbocycles. The fourth-order valence-corrected chi connectivity index (χ4v) is 3.64. The monoisotopic (exact) mass is 321 g/mol. The van der Waals surface area contributed by atoms with Crippen LogP contribution in [-0.2, 0) is 9.59 Å². The Labute approximate surface area is 139 Å². The molecule has 1 aliphatic carbocycles. The summed E-state index contributed by atoms with van der Waals surface area (Å²) in [6, 6.07) is 0. The summed E-state index contributed by atoms with van der Waals surface area (Å²) < 4.78 is 0. The zero-order valence-corrected chi connectivity index (χ0v) is 14.8. The van der Waals surface area contributed by atoms with Crippen molar-refractivity contribution in [2.45, 2.75) is 65.7 Å². The van der Waals surface area contributed by atoms with Crippen molar-refractivity contribution in [1.82, 2.24) is 10.3 Å². The van der Waals surface area contributed by atoms with E-state index in [1.165, 1.54) is 6.42 Å². The van der Waals surface area contributed by atoms with Crippen LogP contribution in [0.1, 0.15) is 65.7 Å². The van der Waals surface area contributed by atoms with E-state index in [0.29, 0.717) is 30.7 Å². The highest BCUT2D eigenvalue weighted by Crippen LogP contribution is 2.31. The van der Waals surface area contributed by atoms with Gasteiger partial charge in [-0.15, -0.1) is 0 Å². The standard InChI is InChI=1S/C18H31N3O2/c1-13(2)15-9-8-14(3)11-16(15)19-20-17(22)12-21-10-6-4-5-7-18(21)23/h13-15H,4-12H2,1-3H3,(H,20,22)/t14-,15+/m0/s1. The van der Waals surface area contributed by atoms with Crippen LogP contribution >= 0.6 is 0 Å². The molecule has 0 bridgehead atoms. The molecule has 1 heterocycles. The van der Waals surface area contributed by atoms with Crippen LogP contribution in [0.5, 0.6) is 0 Å². The average molecular weight is 321 g/mol. The van der Waals surface area contributed by atoms with Gasteiger partial charge >= 0.3 is 0 Å². The second-order valence-corrected chi connectivity index (χ2v) is 7.50. The third-order valence-corrected chi connectivity index (χ3v) is 5.09. The molecule has 130 valence electrons. The number of hydrogen-bond acceptors (Lipinski definition) is 3. The smallest absolute Gasteiger partial charge is 0.259 e. The average Bonchev–Trinajstić information content (AvgIpc) is 2.70. The number of carbonyl (C=O) groups excluding carboxylic acids is 2. The Morgan fingerprint density at radius 2 is 2.09 bits per heavy atom. The van der Waals surface area contributed by atoms with Crippen molar-refractivity contribution in [3.05, 3.63) is 0 Å². The summed E-state index contributed by atoms with van der Waals surface area (Å²) >= 11 is 0. The minimum Gasteiger partial charge on any atom is -0.333 e. The van der Waals surface area contributed by atoms with Gasteiger partial charge < -0.3 is 4.90 Å². The van der Waals surface area contributed by atoms with Gasteiger partial charge in [0.15, 0.2) is 0 Å². The van der Waals surface area contributed by atoms with Crippen molar-refractivity contribution in [3.63, 3.8) is 0 Å². The predicted octanol–water partition coefficient (Wildman–Crippen LogP) is 2.95. The molecular weight excluding hydrogens is 290 g/mol. The van der Waals surface area contributed by atoms with Gasteiger partial charge in [-0.25, -0.2) is 5.43 Å². The number of rotatable bonds is 4. The van der Waals surface area contributed by atoms with Crippen LogP contribution in [0.2, 0.25) is 0 Å². The van der Waals surface area contributed by atoms with E-state index in [4.69, 9.17) is 0 Å². The van der Waals surface area contributed by atoms with Crippen LogP contribution in [0.3, 0.4) is 0 Å². The van der Waals surface area contributed by atoms with E-state index in [1.807, 2.05) is 0 Å². The molecule has 0 spiro atoms. The first-order valence-electron chi connectivity index (χ1n) is 9.10. The Morgan fingerprint density at radius 1 is 1.30 bits per heavy atom. The SMILES string of the molecule is CC(C)[C@H]1CC[C@H](C)CC1=NNC(=O)CN1CCCCCC1=O. The summed E-state index contributed by atoms with van der Waals surface area (Å²) in [5.41, 5.74) is 3.82. The second kappa shape index (κ2) is 8.46. The molecule has 1 saturated heterocycles. The summed E-state index contributed by atoms with van der Waals surface area (Å²) in [6.45, 7) is 7.50. The molecule has 2 aliphatic rings. The first kappa shape index (κ1) is 18.0. The highest BCUT2D eigenvalue weighted by atomic mass is 16.2. The molecule has 2 atom stereocenters. The highest BCUT2D eigenvalue weighted by molar-refractivity contribution is 5.90. The lowest BCUT2D eigenvalue weighted by atomic mass is 9.76. The lowest BCUT2D eigenvalue weighted by molar-refractivity contribution is -0.135. The van der Waals surface area contributed by atoms with Crippen LogP contribution in [0, 0.1) is 17.8 Å². The molecule has 1 N–H and O–H groups in total. The largest absolute Gasteiger partial charge is 0.333 e. The van der Waals surface area contributed by atoms with E-state index in [0.717, 1.165) is 37.8 Å². The molecule has 0 aromatic heterocycles. The zero-order chi connectivity index (χ0) is 16.8. The van der Waals surface area contributed by atoms with Gasteiger partial charge in [-0.1, -0.05) is 27.2 Å². The Balaban J connectivity index is 1.91. The van der Waals surface area contributed by atoms with E-state index in [9.17, 15) is 9.59 Å².